The van der Waals surface area contributed by atoms with Crippen LogP contribution >= 0.6 is 11.3 Å². The molecule has 0 N–H and O–H groups in total. The molecule has 2 unspecified atom stereocenters. The quantitative estimate of drug-likeness (QED) is 0.700. The van der Waals surface area contributed by atoms with E-state index in [1.54, 1.807) is 0 Å². The first-order chi connectivity index (χ1) is 14.5. The fraction of sp³-hybridized carbons (Fsp3) is 0.391. The van der Waals surface area contributed by atoms with Crippen molar-refractivity contribution in [2.45, 2.75) is 26.8 Å². The first-order valence-corrected chi connectivity index (χ1v) is 11.2. The molecule has 1 aromatic carbocycles. The summed E-state index contributed by atoms with van der Waals surface area (Å²) in [6, 6.07) is 9.39. The molecule has 2 amide bonds. The van der Waals surface area contributed by atoms with Crippen LogP contribution in [-0.2, 0) is 16.1 Å². The van der Waals surface area contributed by atoms with Gasteiger partial charge in [-0.05, 0) is 47.4 Å². The molecule has 2 atom stereocenters. The van der Waals surface area contributed by atoms with E-state index in [4.69, 9.17) is 9.47 Å². The first kappa shape index (κ1) is 19.2. The highest BCUT2D eigenvalue weighted by Crippen LogP contribution is 2.38. The SMILES string of the molecule is CC1CC(C)CN(C2=C(c3cccs3)C(=O)N(Cc3ccc4c(c3)OCO4)C2=O)C1. The van der Waals surface area contributed by atoms with Gasteiger partial charge in [0.1, 0.15) is 5.70 Å². The summed E-state index contributed by atoms with van der Waals surface area (Å²) in [5.41, 5.74) is 1.94. The van der Waals surface area contributed by atoms with Gasteiger partial charge in [-0.3, -0.25) is 14.5 Å². The lowest BCUT2D eigenvalue weighted by Gasteiger charge is -2.37. The average molecular weight is 425 g/mol. The van der Waals surface area contributed by atoms with E-state index in [0.29, 0.717) is 34.6 Å². The number of piperidine rings is 1. The summed E-state index contributed by atoms with van der Waals surface area (Å²) in [6.45, 7) is 6.42. The number of rotatable bonds is 4. The minimum Gasteiger partial charge on any atom is -0.454 e. The van der Waals surface area contributed by atoms with E-state index in [1.165, 1.54) is 16.2 Å². The number of hydrogen-bond donors (Lipinski definition) is 0. The van der Waals surface area contributed by atoms with Gasteiger partial charge in [-0.1, -0.05) is 26.0 Å². The van der Waals surface area contributed by atoms with Gasteiger partial charge in [0.2, 0.25) is 6.79 Å². The summed E-state index contributed by atoms with van der Waals surface area (Å²) in [4.78, 5) is 31.3. The van der Waals surface area contributed by atoms with Crippen molar-refractivity contribution in [3.8, 4) is 11.5 Å². The van der Waals surface area contributed by atoms with Crippen LogP contribution in [0.25, 0.3) is 5.57 Å². The number of nitrogens with zero attached hydrogens (tertiary/aromatic N) is 2. The number of carbonyl (C=O) groups is 2. The number of benzene rings is 1. The average Bonchev–Trinajstić information content (AvgIpc) is 3.43. The first-order valence-electron chi connectivity index (χ1n) is 10.3. The number of amides is 2. The van der Waals surface area contributed by atoms with Gasteiger partial charge in [0.05, 0.1) is 12.1 Å². The highest BCUT2D eigenvalue weighted by atomic mass is 32.1. The molecule has 0 aliphatic carbocycles. The molecule has 5 rings (SSSR count). The Hall–Kier alpha value is -2.80. The van der Waals surface area contributed by atoms with Gasteiger partial charge in [0.15, 0.2) is 11.5 Å². The van der Waals surface area contributed by atoms with Crippen molar-refractivity contribution in [3.05, 3.63) is 51.8 Å². The van der Waals surface area contributed by atoms with E-state index in [1.807, 2.05) is 35.7 Å². The zero-order chi connectivity index (χ0) is 20.8. The lowest BCUT2D eigenvalue weighted by Crippen LogP contribution is -2.41. The molecule has 0 bridgehead atoms. The fourth-order valence-electron chi connectivity index (χ4n) is 4.71. The molecule has 3 aliphatic heterocycles. The van der Waals surface area contributed by atoms with Crippen LogP contribution in [0.4, 0.5) is 0 Å². The number of thiophene rings is 1. The van der Waals surface area contributed by atoms with Gasteiger partial charge in [0, 0.05) is 18.0 Å². The molecule has 0 radical (unpaired) electrons. The molecule has 1 aromatic heterocycles. The second-order valence-corrected chi connectivity index (χ2v) is 9.38. The third kappa shape index (κ3) is 3.27. The van der Waals surface area contributed by atoms with Crippen molar-refractivity contribution in [2.75, 3.05) is 19.9 Å². The van der Waals surface area contributed by atoms with Crippen LogP contribution < -0.4 is 9.47 Å². The smallest absolute Gasteiger partial charge is 0.278 e. The highest BCUT2D eigenvalue weighted by molar-refractivity contribution is 7.11. The number of ether oxygens (including phenoxy) is 2. The van der Waals surface area contributed by atoms with Gasteiger partial charge in [-0.25, -0.2) is 0 Å². The Bertz CT molecular complexity index is 1020. The van der Waals surface area contributed by atoms with Crippen molar-refractivity contribution >= 4 is 28.7 Å². The minimum atomic E-state index is -0.221. The van der Waals surface area contributed by atoms with Crippen LogP contribution in [0.5, 0.6) is 11.5 Å². The van der Waals surface area contributed by atoms with E-state index in [0.717, 1.165) is 30.0 Å². The number of carbonyl (C=O) groups excluding carboxylic acids is 2. The van der Waals surface area contributed by atoms with Gasteiger partial charge >= 0.3 is 0 Å². The van der Waals surface area contributed by atoms with E-state index >= 15 is 0 Å². The minimum absolute atomic E-state index is 0.194. The van der Waals surface area contributed by atoms with Crippen molar-refractivity contribution in [1.29, 1.82) is 0 Å². The third-order valence-corrected chi connectivity index (χ3v) is 6.76. The second-order valence-electron chi connectivity index (χ2n) is 8.44. The predicted octanol–water partition coefficient (Wildman–Crippen LogP) is 3.73. The van der Waals surface area contributed by atoms with E-state index in [9.17, 15) is 9.59 Å². The van der Waals surface area contributed by atoms with Crippen molar-refractivity contribution in [2.24, 2.45) is 11.8 Å². The van der Waals surface area contributed by atoms with Gasteiger partial charge in [-0.15, -0.1) is 11.3 Å². The lowest BCUT2D eigenvalue weighted by molar-refractivity contribution is -0.138. The van der Waals surface area contributed by atoms with Crippen LogP contribution in [0.15, 0.2) is 41.4 Å². The molecule has 7 heteroatoms. The molecular weight excluding hydrogens is 400 g/mol. The molecule has 6 nitrogen and oxygen atoms in total. The summed E-state index contributed by atoms with van der Waals surface area (Å²) < 4.78 is 10.8. The van der Waals surface area contributed by atoms with Crippen molar-refractivity contribution in [3.63, 3.8) is 0 Å². The molecule has 0 saturated carbocycles. The predicted molar refractivity (Wildman–Crippen MR) is 114 cm³/mol. The van der Waals surface area contributed by atoms with Crippen LogP contribution in [0.3, 0.4) is 0 Å². The maximum absolute atomic E-state index is 13.5. The molecular formula is C23H24N2O4S. The van der Waals surface area contributed by atoms with Crippen LogP contribution in [0.1, 0.15) is 30.7 Å². The lowest BCUT2D eigenvalue weighted by atomic mass is 9.91. The number of hydrogen-bond acceptors (Lipinski definition) is 6. The number of imide groups is 1. The fourth-order valence-corrected chi connectivity index (χ4v) is 5.47. The summed E-state index contributed by atoms with van der Waals surface area (Å²) in [7, 11) is 0. The van der Waals surface area contributed by atoms with E-state index < -0.39 is 0 Å². The zero-order valence-electron chi connectivity index (χ0n) is 17.1. The number of fused-ring (bicyclic) bond motifs is 1. The Balaban J connectivity index is 1.49. The number of likely N-dealkylation sites (tertiary alicyclic amines) is 1. The van der Waals surface area contributed by atoms with Crippen LogP contribution in [0.2, 0.25) is 0 Å². The Kier molecular flexibility index (Phi) is 4.77. The summed E-state index contributed by atoms with van der Waals surface area (Å²) in [6.07, 6.45) is 1.14. The van der Waals surface area contributed by atoms with Crippen LogP contribution in [0, 0.1) is 11.8 Å². The third-order valence-electron chi connectivity index (χ3n) is 5.87. The maximum atomic E-state index is 13.5. The molecule has 1 fully saturated rings. The zero-order valence-corrected chi connectivity index (χ0v) is 17.9. The van der Waals surface area contributed by atoms with Gasteiger partial charge in [0.25, 0.3) is 11.8 Å². The molecule has 2 aromatic rings. The van der Waals surface area contributed by atoms with Gasteiger partial charge < -0.3 is 14.4 Å². The monoisotopic (exact) mass is 424 g/mol. The summed E-state index contributed by atoms with van der Waals surface area (Å²) in [5, 5.41) is 1.94. The molecule has 4 heterocycles. The highest BCUT2D eigenvalue weighted by Gasteiger charge is 2.43. The summed E-state index contributed by atoms with van der Waals surface area (Å²) >= 11 is 1.50. The second kappa shape index (κ2) is 7.47. The van der Waals surface area contributed by atoms with Crippen LogP contribution in [-0.4, -0.2) is 41.5 Å². The Morgan fingerprint density at radius 2 is 1.80 bits per heavy atom. The largest absolute Gasteiger partial charge is 0.454 e. The standard InChI is InChI=1S/C23H24N2O4S/c1-14-8-15(2)11-24(10-14)21-20(19-4-3-7-30-19)22(26)25(23(21)27)12-16-5-6-17-18(9-16)29-13-28-17/h3-7,9,14-15H,8,10-13H2,1-2H3. The normalized spacial score (nSPS) is 23.7. The molecule has 0 spiro atoms. The van der Waals surface area contributed by atoms with E-state index in [2.05, 4.69) is 18.7 Å². The molecule has 30 heavy (non-hydrogen) atoms. The van der Waals surface area contributed by atoms with Gasteiger partial charge in [-0.2, -0.15) is 0 Å². The Morgan fingerprint density at radius 3 is 2.53 bits per heavy atom. The Labute approximate surface area is 179 Å². The maximum Gasteiger partial charge on any atom is 0.278 e. The van der Waals surface area contributed by atoms with E-state index in [-0.39, 0.29) is 25.2 Å². The molecule has 3 aliphatic rings. The molecule has 1 saturated heterocycles. The topological polar surface area (TPSA) is 59.1 Å². The summed E-state index contributed by atoms with van der Waals surface area (Å²) in [5.74, 6) is 1.88. The van der Waals surface area contributed by atoms with Crippen molar-refractivity contribution in [1.82, 2.24) is 9.80 Å². The van der Waals surface area contributed by atoms with Crippen molar-refractivity contribution < 1.29 is 19.1 Å². The Morgan fingerprint density at radius 1 is 1.03 bits per heavy atom. The molecule has 156 valence electrons.